The zero-order chi connectivity index (χ0) is 7.98. The van der Waals surface area contributed by atoms with Crippen LogP contribution in [0.25, 0.3) is 0 Å². The normalized spacial score (nSPS) is 8.60. The van der Waals surface area contributed by atoms with Gasteiger partial charge in [-0.05, 0) is 6.92 Å². The lowest BCUT2D eigenvalue weighted by Gasteiger charge is -2.11. The van der Waals surface area contributed by atoms with E-state index in [2.05, 4.69) is 4.74 Å². The van der Waals surface area contributed by atoms with E-state index in [-0.39, 0.29) is 6.54 Å². The lowest BCUT2D eigenvalue weighted by molar-refractivity contribution is -0.108. The molecule has 0 bridgehead atoms. The summed E-state index contributed by atoms with van der Waals surface area (Å²) in [5.41, 5.74) is 0. The van der Waals surface area contributed by atoms with Crippen molar-refractivity contribution in [1.82, 2.24) is 4.90 Å². The Labute approximate surface area is 59.8 Å². The molecule has 0 N–H and O–H groups in total. The topological polar surface area (TPSA) is 46.6 Å². The minimum absolute atomic E-state index is 0.0822. The van der Waals surface area contributed by atoms with Crippen LogP contribution in [0.4, 0.5) is 4.79 Å². The molecule has 10 heavy (non-hydrogen) atoms. The van der Waals surface area contributed by atoms with E-state index in [9.17, 15) is 9.59 Å². The van der Waals surface area contributed by atoms with Gasteiger partial charge >= 0.3 is 6.09 Å². The second-order valence-corrected chi connectivity index (χ2v) is 1.75. The van der Waals surface area contributed by atoms with Crippen molar-refractivity contribution < 1.29 is 14.3 Å². The second-order valence-electron chi connectivity index (χ2n) is 1.75. The van der Waals surface area contributed by atoms with Crippen LogP contribution in [0.5, 0.6) is 0 Å². The van der Waals surface area contributed by atoms with Crippen LogP contribution >= 0.6 is 0 Å². The lowest BCUT2D eigenvalue weighted by Crippen LogP contribution is -2.28. The maximum Gasteiger partial charge on any atom is 0.409 e. The molecule has 0 rings (SSSR count). The van der Waals surface area contributed by atoms with Crippen molar-refractivity contribution in [3.05, 3.63) is 0 Å². The fraction of sp³-hybridized carbons (Fsp3) is 0.667. The number of carbonyl (C=O) groups excluding carboxylic acids is 2. The van der Waals surface area contributed by atoms with Crippen LogP contribution in [0, 0.1) is 0 Å². The molecule has 0 fully saturated rings. The van der Waals surface area contributed by atoms with Gasteiger partial charge in [0, 0.05) is 7.05 Å². The molecule has 4 nitrogen and oxygen atoms in total. The first kappa shape index (κ1) is 8.94. The van der Waals surface area contributed by atoms with Crippen molar-refractivity contribution >= 4 is 12.4 Å². The van der Waals surface area contributed by atoms with Crippen LogP contribution in [0.3, 0.4) is 0 Å². The Hall–Kier alpha value is -1.06. The maximum atomic E-state index is 10.7. The van der Waals surface area contributed by atoms with Gasteiger partial charge in [-0.25, -0.2) is 4.79 Å². The van der Waals surface area contributed by atoms with Gasteiger partial charge in [0.25, 0.3) is 0 Å². The smallest absolute Gasteiger partial charge is 0.409 e. The first-order valence-electron chi connectivity index (χ1n) is 3.04. The highest BCUT2D eigenvalue weighted by Crippen LogP contribution is 1.86. The van der Waals surface area contributed by atoms with E-state index in [1.165, 1.54) is 11.9 Å². The average molecular weight is 145 g/mol. The summed E-state index contributed by atoms with van der Waals surface area (Å²) in [5.74, 6) is 0. The maximum absolute atomic E-state index is 10.7. The molecular weight excluding hydrogens is 134 g/mol. The first-order valence-corrected chi connectivity index (χ1v) is 3.04. The Morgan fingerprint density at radius 3 is 2.70 bits per heavy atom. The van der Waals surface area contributed by atoms with E-state index < -0.39 is 6.09 Å². The summed E-state index contributed by atoms with van der Waals surface area (Å²) in [6, 6.07) is 0. The minimum atomic E-state index is -0.463. The van der Waals surface area contributed by atoms with Crippen molar-refractivity contribution in [3.8, 4) is 0 Å². The molecule has 0 saturated carbocycles. The molecule has 0 aromatic rings. The van der Waals surface area contributed by atoms with E-state index in [4.69, 9.17) is 0 Å². The predicted molar refractivity (Wildman–Crippen MR) is 35.7 cm³/mol. The number of nitrogens with zero attached hydrogens (tertiary/aromatic N) is 1. The molecule has 58 valence electrons. The summed E-state index contributed by atoms with van der Waals surface area (Å²) in [6.45, 7) is 2.13. The van der Waals surface area contributed by atoms with Gasteiger partial charge in [-0.2, -0.15) is 0 Å². The standard InChI is InChI=1S/C6H11NO3/c1-3-10-6(9)7(2)4-5-8/h5H,3-4H2,1-2H3. The minimum Gasteiger partial charge on any atom is -0.450 e. The fourth-order valence-corrected chi connectivity index (χ4v) is 0.420. The van der Waals surface area contributed by atoms with Gasteiger partial charge < -0.3 is 14.4 Å². The van der Waals surface area contributed by atoms with Crippen molar-refractivity contribution in [3.63, 3.8) is 0 Å². The summed E-state index contributed by atoms with van der Waals surface area (Å²) in [4.78, 5) is 21.8. The number of aldehydes is 1. The largest absolute Gasteiger partial charge is 0.450 e. The van der Waals surface area contributed by atoms with Crippen LogP contribution < -0.4 is 0 Å². The van der Waals surface area contributed by atoms with Gasteiger partial charge in [-0.3, -0.25) is 0 Å². The van der Waals surface area contributed by atoms with Gasteiger partial charge in [0.15, 0.2) is 0 Å². The van der Waals surface area contributed by atoms with E-state index in [1.807, 2.05) is 0 Å². The Bertz CT molecular complexity index is 124. The predicted octanol–water partition coefficient (Wildman–Crippen LogP) is 0.274. The number of amides is 1. The van der Waals surface area contributed by atoms with Crippen LogP contribution in [0.2, 0.25) is 0 Å². The zero-order valence-electron chi connectivity index (χ0n) is 6.16. The molecule has 0 aliphatic carbocycles. The van der Waals surface area contributed by atoms with Crippen molar-refractivity contribution in [2.75, 3.05) is 20.2 Å². The highest BCUT2D eigenvalue weighted by Gasteiger charge is 2.06. The van der Waals surface area contributed by atoms with Crippen LogP contribution in [-0.4, -0.2) is 37.5 Å². The molecular formula is C6H11NO3. The Morgan fingerprint density at radius 2 is 2.30 bits per heavy atom. The number of likely N-dealkylation sites (N-methyl/N-ethyl adjacent to an activating group) is 1. The molecule has 1 amide bonds. The molecule has 0 heterocycles. The van der Waals surface area contributed by atoms with Gasteiger partial charge in [0.1, 0.15) is 6.29 Å². The number of rotatable bonds is 3. The Morgan fingerprint density at radius 1 is 1.70 bits per heavy atom. The van der Waals surface area contributed by atoms with Crippen molar-refractivity contribution in [1.29, 1.82) is 0 Å². The molecule has 0 aliphatic heterocycles. The number of hydrogen-bond donors (Lipinski definition) is 0. The zero-order valence-corrected chi connectivity index (χ0v) is 6.16. The molecule has 0 saturated heterocycles. The van der Waals surface area contributed by atoms with Gasteiger partial charge in [0.2, 0.25) is 0 Å². The Balaban J connectivity index is 3.58. The van der Waals surface area contributed by atoms with Gasteiger partial charge in [0.05, 0.1) is 13.2 Å². The molecule has 0 radical (unpaired) electrons. The third-order valence-electron chi connectivity index (χ3n) is 0.928. The number of carbonyl (C=O) groups is 2. The molecule has 0 unspecified atom stereocenters. The van der Waals surface area contributed by atoms with E-state index in [0.717, 1.165) is 0 Å². The summed E-state index contributed by atoms with van der Waals surface area (Å²) in [6.07, 6.45) is 0.186. The van der Waals surface area contributed by atoms with Crippen LogP contribution in [0.15, 0.2) is 0 Å². The van der Waals surface area contributed by atoms with Crippen LogP contribution in [-0.2, 0) is 9.53 Å². The highest BCUT2D eigenvalue weighted by molar-refractivity contribution is 5.70. The van der Waals surface area contributed by atoms with Crippen molar-refractivity contribution in [2.45, 2.75) is 6.92 Å². The molecule has 4 heteroatoms. The number of ether oxygens (including phenoxy) is 1. The first-order chi connectivity index (χ1) is 4.72. The van der Waals surface area contributed by atoms with Gasteiger partial charge in [-0.15, -0.1) is 0 Å². The summed E-state index contributed by atoms with van der Waals surface area (Å²) < 4.78 is 4.58. The molecule has 0 aromatic carbocycles. The third-order valence-corrected chi connectivity index (χ3v) is 0.928. The summed E-state index contributed by atoms with van der Waals surface area (Å²) >= 11 is 0. The second kappa shape index (κ2) is 4.78. The Kier molecular flexibility index (Phi) is 4.28. The molecule has 0 atom stereocenters. The summed E-state index contributed by atoms with van der Waals surface area (Å²) in [7, 11) is 1.51. The van der Waals surface area contributed by atoms with E-state index >= 15 is 0 Å². The SMILES string of the molecule is CCOC(=O)N(C)CC=O. The summed E-state index contributed by atoms with van der Waals surface area (Å²) in [5, 5.41) is 0. The lowest BCUT2D eigenvalue weighted by atomic mass is 10.6. The average Bonchev–Trinajstić information content (AvgIpc) is 1.89. The molecule has 0 aromatic heterocycles. The highest BCUT2D eigenvalue weighted by atomic mass is 16.5. The van der Waals surface area contributed by atoms with Crippen molar-refractivity contribution in [2.24, 2.45) is 0 Å². The molecule has 0 aliphatic rings. The van der Waals surface area contributed by atoms with E-state index in [1.54, 1.807) is 6.92 Å². The van der Waals surface area contributed by atoms with Gasteiger partial charge in [-0.1, -0.05) is 0 Å². The monoisotopic (exact) mass is 145 g/mol. The number of hydrogen-bond acceptors (Lipinski definition) is 3. The molecule has 0 spiro atoms. The fourth-order valence-electron chi connectivity index (χ4n) is 0.420. The van der Waals surface area contributed by atoms with Crippen LogP contribution in [0.1, 0.15) is 6.92 Å². The quantitative estimate of drug-likeness (QED) is 0.535. The van der Waals surface area contributed by atoms with E-state index in [0.29, 0.717) is 12.9 Å². The third kappa shape index (κ3) is 3.06.